The van der Waals surface area contributed by atoms with E-state index >= 15 is 0 Å². The van der Waals surface area contributed by atoms with Crippen molar-refractivity contribution in [3.8, 4) is 5.75 Å². The van der Waals surface area contributed by atoms with Gasteiger partial charge >= 0.3 is 0 Å². The summed E-state index contributed by atoms with van der Waals surface area (Å²) in [5.41, 5.74) is 0. The number of carbonyl (C=O) groups excluding carboxylic acids is 1. The maximum atomic E-state index is 12.2. The average molecular weight is 337 g/mol. The van der Waals surface area contributed by atoms with Gasteiger partial charge in [-0.15, -0.1) is 0 Å². The molecular formula is C20H23N3O2. The maximum absolute atomic E-state index is 12.2. The third-order valence-corrected chi connectivity index (χ3v) is 4.17. The third kappa shape index (κ3) is 4.18. The number of fused-ring (bicyclic) bond motifs is 1. The summed E-state index contributed by atoms with van der Waals surface area (Å²) in [7, 11) is 0. The Morgan fingerprint density at radius 2 is 2.04 bits per heavy atom. The summed E-state index contributed by atoms with van der Waals surface area (Å²) in [6.45, 7) is 5.08. The Kier molecular flexibility index (Phi) is 5.33. The summed E-state index contributed by atoms with van der Waals surface area (Å²) < 4.78 is 7.84. The van der Waals surface area contributed by atoms with Crippen LogP contribution in [0, 0.1) is 0 Å². The van der Waals surface area contributed by atoms with Crippen molar-refractivity contribution in [1.82, 2.24) is 14.9 Å². The standard InChI is InChI=1S/C20H23N3O2/c1-3-19-21-10-12-23(19)13-11-22-20(24)15(2)25-18-9-8-16-6-4-5-7-17(16)14-18/h4-10,12,14-15H,3,11,13H2,1-2H3,(H,22,24). The van der Waals surface area contributed by atoms with Gasteiger partial charge in [0.2, 0.25) is 0 Å². The van der Waals surface area contributed by atoms with Crippen LogP contribution in [0.1, 0.15) is 19.7 Å². The number of amides is 1. The van der Waals surface area contributed by atoms with Crippen molar-refractivity contribution in [3.05, 3.63) is 60.7 Å². The zero-order chi connectivity index (χ0) is 17.6. The molecule has 0 saturated heterocycles. The molecule has 25 heavy (non-hydrogen) atoms. The van der Waals surface area contributed by atoms with E-state index < -0.39 is 6.10 Å². The van der Waals surface area contributed by atoms with Crippen molar-refractivity contribution in [1.29, 1.82) is 0 Å². The van der Waals surface area contributed by atoms with Gasteiger partial charge in [-0.2, -0.15) is 0 Å². The molecule has 0 aliphatic rings. The van der Waals surface area contributed by atoms with Crippen molar-refractivity contribution < 1.29 is 9.53 Å². The van der Waals surface area contributed by atoms with Crippen LogP contribution in [0.3, 0.4) is 0 Å². The van der Waals surface area contributed by atoms with Gasteiger partial charge in [-0.25, -0.2) is 4.98 Å². The Bertz CT molecular complexity index is 857. The van der Waals surface area contributed by atoms with Gasteiger partial charge < -0.3 is 14.6 Å². The predicted molar refractivity (Wildman–Crippen MR) is 98.7 cm³/mol. The topological polar surface area (TPSA) is 56.2 Å². The molecule has 0 radical (unpaired) electrons. The van der Waals surface area contributed by atoms with Crippen LogP contribution in [0.5, 0.6) is 5.75 Å². The highest BCUT2D eigenvalue weighted by Crippen LogP contribution is 2.21. The molecule has 1 aromatic heterocycles. The lowest BCUT2D eigenvalue weighted by atomic mass is 10.1. The normalized spacial score (nSPS) is 12.1. The molecule has 3 rings (SSSR count). The first kappa shape index (κ1) is 17.0. The van der Waals surface area contributed by atoms with Crippen LogP contribution in [0.2, 0.25) is 0 Å². The second kappa shape index (κ2) is 7.83. The molecule has 0 spiro atoms. The van der Waals surface area contributed by atoms with Crippen molar-refractivity contribution in [3.63, 3.8) is 0 Å². The molecule has 3 aromatic rings. The Morgan fingerprint density at radius 1 is 1.24 bits per heavy atom. The lowest BCUT2D eigenvalue weighted by Gasteiger charge is -2.15. The molecule has 5 nitrogen and oxygen atoms in total. The highest BCUT2D eigenvalue weighted by Gasteiger charge is 2.14. The van der Waals surface area contributed by atoms with Gasteiger partial charge in [-0.1, -0.05) is 37.3 Å². The molecule has 130 valence electrons. The van der Waals surface area contributed by atoms with E-state index in [4.69, 9.17) is 4.74 Å². The average Bonchev–Trinajstić information content (AvgIpc) is 3.09. The summed E-state index contributed by atoms with van der Waals surface area (Å²) in [5.74, 6) is 1.60. The van der Waals surface area contributed by atoms with Crippen molar-refractivity contribution in [2.45, 2.75) is 32.9 Å². The molecule has 5 heteroatoms. The van der Waals surface area contributed by atoms with Crippen molar-refractivity contribution in [2.75, 3.05) is 6.54 Å². The smallest absolute Gasteiger partial charge is 0.260 e. The highest BCUT2D eigenvalue weighted by molar-refractivity contribution is 5.84. The van der Waals surface area contributed by atoms with Crippen LogP contribution in [0.25, 0.3) is 10.8 Å². The summed E-state index contributed by atoms with van der Waals surface area (Å²) in [6, 6.07) is 13.9. The first-order valence-corrected chi connectivity index (χ1v) is 8.60. The number of carbonyl (C=O) groups is 1. The Morgan fingerprint density at radius 3 is 2.84 bits per heavy atom. The lowest BCUT2D eigenvalue weighted by molar-refractivity contribution is -0.127. The van der Waals surface area contributed by atoms with E-state index in [0.29, 0.717) is 18.8 Å². The van der Waals surface area contributed by atoms with Gasteiger partial charge in [0.05, 0.1) is 0 Å². The van der Waals surface area contributed by atoms with Crippen LogP contribution in [-0.4, -0.2) is 28.1 Å². The Balaban J connectivity index is 1.53. The van der Waals surface area contributed by atoms with Crippen LogP contribution in [0.15, 0.2) is 54.9 Å². The maximum Gasteiger partial charge on any atom is 0.260 e. The van der Waals surface area contributed by atoms with E-state index in [2.05, 4.69) is 27.9 Å². The molecule has 1 amide bonds. The molecule has 0 bridgehead atoms. The van der Waals surface area contributed by atoms with E-state index in [9.17, 15) is 4.79 Å². The first-order valence-electron chi connectivity index (χ1n) is 8.60. The molecule has 0 aliphatic heterocycles. The van der Waals surface area contributed by atoms with Gasteiger partial charge in [0, 0.05) is 31.9 Å². The number of aromatic nitrogens is 2. The van der Waals surface area contributed by atoms with Gasteiger partial charge in [0.1, 0.15) is 11.6 Å². The zero-order valence-electron chi connectivity index (χ0n) is 14.6. The fraction of sp³-hybridized carbons (Fsp3) is 0.300. The third-order valence-electron chi connectivity index (χ3n) is 4.17. The van der Waals surface area contributed by atoms with E-state index in [1.54, 1.807) is 13.1 Å². The number of nitrogens with zero attached hydrogens (tertiary/aromatic N) is 2. The predicted octanol–water partition coefficient (Wildman–Crippen LogP) is 3.18. The molecule has 1 heterocycles. The minimum absolute atomic E-state index is 0.119. The number of ether oxygens (including phenoxy) is 1. The van der Waals surface area contributed by atoms with Gasteiger partial charge in [0.15, 0.2) is 6.10 Å². The minimum Gasteiger partial charge on any atom is -0.481 e. The summed E-state index contributed by atoms with van der Waals surface area (Å²) in [4.78, 5) is 16.5. The lowest BCUT2D eigenvalue weighted by Crippen LogP contribution is -2.38. The van der Waals surface area contributed by atoms with Gasteiger partial charge in [-0.3, -0.25) is 4.79 Å². The van der Waals surface area contributed by atoms with E-state index in [0.717, 1.165) is 23.0 Å². The van der Waals surface area contributed by atoms with Crippen molar-refractivity contribution in [2.24, 2.45) is 0 Å². The second-order valence-electron chi connectivity index (χ2n) is 5.95. The molecule has 0 aliphatic carbocycles. The molecule has 1 atom stereocenters. The number of imidazole rings is 1. The largest absolute Gasteiger partial charge is 0.481 e. The number of rotatable bonds is 7. The number of aryl methyl sites for hydroxylation is 1. The van der Waals surface area contributed by atoms with Crippen LogP contribution < -0.4 is 10.1 Å². The first-order chi connectivity index (χ1) is 12.2. The van der Waals surface area contributed by atoms with E-state index in [1.165, 1.54) is 0 Å². The Hall–Kier alpha value is -2.82. The molecule has 1 N–H and O–H groups in total. The number of hydrogen-bond donors (Lipinski definition) is 1. The summed E-state index contributed by atoms with van der Waals surface area (Å²) in [6.07, 6.45) is 4.05. The molecule has 0 saturated carbocycles. The van der Waals surface area contributed by atoms with E-state index in [-0.39, 0.29) is 5.91 Å². The monoisotopic (exact) mass is 337 g/mol. The molecule has 0 fully saturated rings. The quantitative estimate of drug-likeness (QED) is 0.720. The highest BCUT2D eigenvalue weighted by atomic mass is 16.5. The summed E-state index contributed by atoms with van der Waals surface area (Å²) in [5, 5.41) is 5.17. The molecule has 2 aromatic carbocycles. The molecule has 1 unspecified atom stereocenters. The van der Waals surface area contributed by atoms with Crippen LogP contribution in [-0.2, 0) is 17.8 Å². The van der Waals surface area contributed by atoms with Crippen LogP contribution >= 0.6 is 0 Å². The SMILES string of the molecule is CCc1nccn1CCNC(=O)C(C)Oc1ccc2ccccc2c1. The van der Waals surface area contributed by atoms with Crippen LogP contribution in [0.4, 0.5) is 0 Å². The number of benzene rings is 2. The number of nitrogens with one attached hydrogen (secondary N) is 1. The summed E-state index contributed by atoms with van der Waals surface area (Å²) >= 11 is 0. The number of hydrogen-bond acceptors (Lipinski definition) is 3. The fourth-order valence-electron chi connectivity index (χ4n) is 2.80. The molecular weight excluding hydrogens is 314 g/mol. The van der Waals surface area contributed by atoms with Gasteiger partial charge in [-0.05, 0) is 29.8 Å². The second-order valence-corrected chi connectivity index (χ2v) is 5.95. The van der Waals surface area contributed by atoms with E-state index in [1.807, 2.05) is 42.6 Å². The Labute approximate surface area is 147 Å². The van der Waals surface area contributed by atoms with Crippen molar-refractivity contribution >= 4 is 16.7 Å². The minimum atomic E-state index is -0.547. The fourth-order valence-corrected chi connectivity index (χ4v) is 2.80. The zero-order valence-corrected chi connectivity index (χ0v) is 14.6. The van der Waals surface area contributed by atoms with Gasteiger partial charge in [0.25, 0.3) is 5.91 Å².